The molecule has 0 N–H and O–H groups in total. The summed E-state index contributed by atoms with van der Waals surface area (Å²) in [4.78, 5) is 4.28. The monoisotopic (exact) mass is 398 g/mol. The van der Waals surface area contributed by atoms with Crippen LogP contribution in [0.25, 0.3) is 0 Å². The molecule has 1 aromatic heterocycles. The van der Waals surface area contributed by atoms with Crippen LogP contribution in [-0.4, -0.2) is 4.98 Å². The third-order valence-electron chi connectivity index (χ3n) is 1.68. The molecule has 0 bridgehead atoms. The summed E-state index contributed by atoms with van der Waals surface area (Å²) in [6, 6.07) is 4.28. The summed E-state index contributed by atoms with van der Waals surface area (Å²) in [5.41, 5.74) is 0.358. The topological polar surface area (TPSA) is 36.7 Å². The van der Waals surface area contributed by atoms with Crippen LogP contribution in [0.15, 0.2) is 12.3 Å². The van der Waals surface area contributed by atoms with Crippen LogP contribution in [0.1, 0.15) is 19.5 Å². The molecule has 0 radical (unpaired) electrons. The molecule has 1 rings (SSSR count). The lowest BCUT2D eigenvalue weighted by atomic mass is 9.91. The zero-order valence-corrected chi connectivity index (χ0v) is 11.6. The van der Waals surface area contributed by atoms with Gasteiger partial charge in [-0.05, 0) is 65.1 Å². The second kappa shape index (κ2) is 4.09. The summed E-state index contributed by atoms with van der Waals surface area (Å²) in [6.07, 6.45) is 1.79. The Hall–Kier alpha value is 0.1000. The van der Waals surface area contributed by atoms with Crippen molar-refractivity contribution < 1.29 is 0 Å². The van der Waals surface area contributed by atoms with Crippen molar-refractivity contribution in [3.63, 3.8) is 0 Å². The van der Waals surface area contributed by atoms with E-state index in [0.29, 0.717) is 0 Å². The van der Waals surface area contributed by atoms with E-state index >= 15 is 0 Å². The van der Waals surface area contributed by atoms with Crippen LogP contribution >= 0.6 is 45.2 Å². The van der Waals surface area contributed by atoms with Gasteiger partial charge in [0.25, 0.3) is 0 Å². The largest absolute Gasteiger partial charge is 0.257 e. The molecular formula is C9H8I2N2. The van der Waals surface area contributed by atoms with E-state index in [1.165, 1.54) is 0 Å². The number of pyridine rings is 1. The van der Waals surface area contributed by atoms with Crippen molar-refractivity contribution in [2.45, 2.75) is 19.3 Å². The molecular weight excluding hydrogens is 390 g/mol. The highest BCUT2D eigenvalue weighted by Gasteiger charge is 2.24. The smallest absolute Gasteiger partial charge is 0.0947 e. The van der Waals surface area contributed by atoms with Gasteiger partial charge in [0, 0.05) is 13.3 Å². The average Bonchev–Trinajstić information content (AvgIpc) is 2.03. The Morgan fingerprint density at radius 3 is 2.54 bits per heavy atom. The maximum Gasteiger partial charge on any atom is 0.0947 e. The maximum absolute atomic E-state index is 8.95. The summed E-state index contributed by atoms with van der Waals surface area (Å²) in [7, 11) is 0. The maximum atomic E-state index is 8.95. The van der Waals surface area contributed by atoms with Gasteiger partial charge in [0.05, 0.1) is 17.2 Å². The van der Waals surface area contributed by atoms with Crippen LogP contribution in [-0.2, 0) is 5.41 Å². The van der Waals surface area contributed by atoms with Gasteiger partial charge in [-0.15, -0.1) is 0 Å². The van der Waals surface area contributed by atoms with Gasteiger partial charge >= 0.3 is 0 Å². The van der Waals surface area contributed by atoms with Gasteiger partial charge < -0.3 is 0 Å². The summed E-state index contributed by atoms with van der Waals surface area (Å²) >= 11 is 4.43. The lowest BCUT2D eigenvalue weighted by Crippen LogP contribution is -2.17. The second-order valence-corrected chi connectivity index (χ2v) is 5.63. The van der Waals surface area contributed by atoms with Crippen LogP contribution in [0.5, 0.6) is 0 Å². The molecule has 0 fully saturated rings. The first-order chi connectivity index (χ1) is 5.97. The van der Waals surface area contributed by atoms with Crippen molar-refractivity contribution in [2.75, 3.05) is 0 Å². The van der Waals surface area contributed by atoms with Crippen LogP contribution in [0, 0.1) is 18.5 Å². The molecule has 0 saturated carbocycles. The van der Waals surface area contributed by atoms with E-state index in [-0.39, 0.29) is 0 Å². The lowest BCUT2D eigenvalue weighted by Gasteiger charge is -2.15. The predicted octanol–water partition coefficient (Wildman–Crippen LogP) is 3.09. The van der Waals surface area contributed by atoms with Crippen molar-refractivity contribution in [1.29, 1.82) is 5.26 Å². The van der Waals surface area contributed by atoms with Crippen molar-refractivity contribution in [2.24, 2.45) is 0 Å². The number of nitriles is 1. The van der Waals surface area contributed by atoms with E-state index in [2.05, 4.69) is 56.2 Å². The van der Waals surface area contributed by atoms with Crippen LogP contribution in [0.3, 0.4) is 0 Å². The summed E-state index contributed by atoms with van der Waals surface area (Å²) in [5.74, 6) is 0. The lowest BCUT2D eigenvalue weighted by molar-refractivity contribution is 0.654. The third-order valence-corrected chi connectivity index (χ3v) is 3.09. The van der Waals surface area contributed by atoms with Crippen LogP contribution < -0.4 is 0 Å². The number of hydrogen-bond donors (Lipinski definition) is 0. The van der Waals surface area contributed by atoms with Gasteiger partial charge in [-0.25, -0.2) is 0 Å². The Morgan fingerprint density at radius 2 is 2.08 bits per heavy atom. The summed E-state index contributed by atoms with van der Waals surface area (Å²) in [6.45, 7) is 3.76. The SMILES string of the molecule is CC(C)(C#N)c1ncc(I)cc1I. The molecule has 13 heavy (non-hydrogen) atoms. The Bertz CT molecular complexity index is 366. The zero-order chi connectivity index (χ0) is 10.1. The molecule has 4 heteroatoms. The minimum absolute atomic E-state index is 0.499. The molecule has 0 aromatic carbocycles. The zero-order valence-electron chi connectivity index (χ0n) is 7.31. The Kier molecular flexibility index (Phi) is 3.51. The summed E-state index contributed by atoms with van der Waals surface area (Å²) < 4.78 is 2.15. The molecule has 0 unspecified atom stereocenters. The first-order valence-electron chi connectivity index (χ1n) is 3.70. The van der Waals surface area contributed by atoms with E-state index in [1.54, 1.807) is 6.20 Å². The Morgan fingerprint density at radius 1 is 1.46 bits per heavy atom. The van der Waals surface area contributed by atoms with Crippen LogP contribution in [0.2, 0.25) is 0 Å². The number of rotatable bonds is 1. The first kappa shape index (κ1) is 11.2. The fraction of sp³-hybridized carbons (Fsp3) is 0.333. The van der Waals surface area contributed by atoms with Gasteiger partial charge in [0.1, 0.15) is 0 Å². The highest BCUT2D eigenvalue weighted by Crippen LogP contribution is 2.25. The predicted molar refractivity (Wildman–Crippen MR) is 68.3 cm³/mol. The van der Waals surface area contributed by atoms with Crippen LogP contribution in [0.4, 0.5) is 0 Å². The number of aromatic nitrogens is 1. The molecule has 0 amide bonds. The average molecular weight is 398 g/mol. The molecule has 1 heterocycles. The normalized spacial score (nSPS) is 11.0. The van der Waals surface area contributed by atoms with Crippen molar-refractivity contribution in [3.8, 4) is 6.07 Å². The van der Waals surface area contributed by atoms with E-state index in [0.717, 1.165) is 12.8 Å². The molecule has 0 spiro atoms. The number of halogens is 2. The molecule has 0 aliphatic rings. The van der Waals surface area contributed by atoms with Crippen molar-refractivity contribution >= 4 is 45.2 Å². The van der Waals surface area contributed by atoms with Gasteiger partial charge in [-0.1, -0.05) is 0 Å². The minimum Gasteiger partial charge on any atom is -0.257 e. The molecule has 1 aromatic rings. The van der Waals surface area contributed by atoms with Gasteiger partial charge in [0.15, 0.2) is 0 Å². The fourth-order valence-corrected chi connectivity index (χ4v) is 3.12. The Balaban J connectivity index is 3.26. The van der Waals surface area contributed by atoms with E-state index in [4.69, 9.17) is 5.26 Å². The third kappa shape index (κ3) is 2.53. The summed E-state index contributed by atoms with van der Waals surface area (Å²) in [5, 5.41) is 8.95. The van der Waals surface area contributed by atoms with E-state index in [9.17, 15) is 0 Å². The van der Waals surface area contributed by atoms with Crippen molar-refractivity contribution in [3.05, 3.63) is 25.1 Å². The Labute approximate surface area is 105 Å². The molecule has 0 aliphatic carbocycles. The number of nitrogens with zero attached hydrogens (tertiary/aromatic N) is 2. The standard InChI is InChI=1S/C9H8I2N2/c1-9(2,5-12)8-7(11)3-6(10)4-13-8/h3-4H,1-2H3. The highest BCUT2D eigenvalue weighted by molar-refractivity contribution is 14.1. The molecule has 0 aliphatic heterocycles. The number of hydrogen-bond acceptors (Lipinski definition) is 2. The van der Waals surface area contributed by atoms with E-state index in [1.807, 2.05) is 19.9 Å². The highest BCUT2D eigenvalue weighted by atomic mass is 127. The van der Waals surface area contributed by atoms with Gasteiger partial charge in [-0.2, -0.15) is 5.26 Å². The second-order valence-electron chi connectivity index (χ2n) is 3.22. The quantitative estimate of drug-likeness (QED) is 0.683. The molecule has 0 atom stereocenters. The van der Waals surface area contributed by atoms with E-state index < -0.39 is 5.41 Å². The van der Waals surface area contributed by atoms with Gasteiger partial charge in [0.2, 0.25) is 0 Å². The molecule has 68 valence electrons. The molecule has 2 nitrogen and oxygen atoms in total. The first-order valence-corrected chi connectivity index (χ1v) is 5.86. The minimum atomic E-state index is -0.499. The van der Waals surface area contributed by atoms with Gasteiger partial charge in [-0.3, -0.25) is 4.98 Å². The van der Waals surface area contributed by atoms with Crippen molar-refractivity contribution in [1.82, 2.24) is 4.98 Å². The molecule has 0 saturated heterocycles. The fourth-order valence-electron chi connectivity index (χ4n) is 0.927.